The Kier molecular flexibility index (Phi) is 4.27. The summed E-state index contributed by atoms with van der Waals surface area (Å²) >= 11 is 1.65. The van der Waals surface area contributed by atoms with E-state index in [1.807, 2.05) is 29.5 Å². The van der Waals surface area contributed by atoms with E-state index in [1.165, 1.54) is 17.0 Å². The predicted octanol–water partition coefficient (Wildman–Crippen LogP) is 4.40. The van der Waals surface area contributed by atoms with Crippen molar-refractivity contribution in [1.29, 1.82) is 0 Å². The highest BCUT2D eigenvalue weighted by Crippen LogP contribution is 2.29. The number of alkyl halides is 3. The Balaban J connectivity index is 2.03. The van der Waals surface area contributed by atoms with Gasteiger partial charge in [-0.25, -0.2) is 0 Å². The van der Waals surface area contributed by atoms with Crippen molar-refractivity contribution in [2.24, 2.45) is 0 Å². The highest BCUT2D eigenvalue weighted by atomic mass is 32.1. The van der Waals surface area contributed by atoms with Gasteiger partial charge in [0.1, 0.15) is 0 Å². The molecular weight excluding hydrogens is 271 g/mol. The molecule has 0 amide bonds. The molecule has 0 spiro atoms. The van der Waals surface area contributed by atoms with Crippen molar-refractivity contribution < 1.29 is 13.2 Å². The summed E-state index contributed by atoms with van der Waals surface area (Å²) in [7, 11) is 1.90. The second kappa shape index (κ2) is 5.75. The molecule has 0 aliphatic rings. The summed E-state index contributed by atoms with van der Waals surface area (Å²) in [5.74, 6) is 0. The first-order valence-electron chi connectivity index (χ1n) is 5.82. The average molecular weight is 285 g/mol. The Bertz CT molecular complexity index is 520. The van der Waals surface area contributed by atoms with Crippen LogP contribution in [0.15, 0.2) is 41.8 Å². The number of thiophene rings is 1. The lowest BCUT2D eigenvalue weighted by Crippen LogP contribution is -2.17. The number of nitrogens with zero attached hydrogens (tertiary/aromatic N) is 1. The zero-order valence-corrected chi connectivity index (χ0v) is 11.3. The van der Waals surface area contributed by atoms with Gasteiger partial charge in [-0.15, -0.1) is 11.3 Å². The molecule has 0 N–H and O–H groups in total. The third-order valence-corrected chi connectivity index (χ3v) is 3.57. The number of benzene rings is 1. The summed E-state index contributed by atoms with van der Waals surface area (Å²) < 4.78 is 37.8. The van der Waals surface area contributed by atoms with Gasteiger partial charge in [0.2, 0.25) is 0 Å². The third-order valence-electron chi connectivity index (χ3n) is 2.71. The maximum atomic E-state index is 12.6. The fraction of sp³-hybridized carbons (Fsp3) is 0.286. The molecule has 5 heteroatoms. The Morgan fingerprint density at radius 3 is 2.53 bits per heavy atom. The number of halogens is 3. The van der Waals surface area contributed by atoms with Gasteiger partial charge >= 0.3 is 6.18 Å². The van der Waals surface area contributed by atoms with Crippen LogP contribution >= 0.6 is 11.3 Å². The van der Waals surface area contributed by atoms with Gasteiger partial charge in [0.05, 0.1) is 5.56 Å². The topological polar surface area (TPSA) is 3.24 Å². The van der Waals surface area contributed by atoms with E-state index in [4.69, 9.17) is 0 Å². The van der Waals surface area contributed by atoms with E-state index in [2.05, 4.69) is 0 Å². The Hall–Kier alpha value is -1.33. The molecule has 0 unspecified atom stereocenters. The van der Waals surface area contributed by atoms with Gasteiger partial charge < -0.3 is 0 Å². The monoisotopic (exact) mass is 285 g/mol. The summed E-state index contributed by atoms with van der Waals surface area (Å²) in [5, 5.41) is 1.99. The molecule has 2 rings (SSSR count). The molecule has 0 atom stereocenters. The predicted molar refractivity (Wildman–Crippen MR) is 70.9 cm³/mol. The first-order valence-corrected chi connectivity index (χ1v) is 6.70. The molecule has 1 aromatic heterocycles. The van der Waals surface area contributed by atoms with Crippen LogP contribution in [0.1, 0.15) is 16.0 Å². The van der Waals surface area contributed by atoms with E-state index in [0.717, 1.165) is 12.6 Å². The van der Waals surface area contributed by atoms with Gasteiger partial charge in [-0.3, -0.25) is 4.90 Å². The second-order valence-electron chi connectivity index (χ2n) is 4.45. The molecule has 102 valence electrons. The molecule has 1 heterocycles. The number of hydrogen-bond donors (Lipinski definition) is 0. The maximum Gasteiger partial charge on any atom is 0.416 e. The van der Waals surface area contributed by atoms with Crippen LogP contribution in [0.25, 0.3) is 0 Å². The smallest absolute Gasteiger partial charge is 0.297 e. The van der Waals surface area contributed by atoms with Crippen LogP contribution in [-0.2, 0) is 19.3 Å². The van der Waals surface area contributed by atoms with E-state index in [9.17, 15) is 13.2 Å². The molecule has 2 aromatic rings. The Morgan fingerprint density at radius 2 is 1.89 bits per heavy atom. The van der Waals surface area contributed by atoms with Gasteiger partial charge in [0, 0.05) is 18.0 Å². The first-order chi connectivity index (χ1) is 8.95. The van der Waals surface area contributed by atoms with E-state index in [1.54, 1.807) is 17.4 Å². The van der Waals surface area contributed by atoms with Crippen LogP contribution in [-0.4, -0.2) is 11.9 Å². The van der Waals surface area contributed by atoms with E-state index >= 15 is 0 Å². The van der Waals surface area contributed by atoms with Gasteiger partial charge in [-0.05, 0) is 30.1 Å². The van der Waals surface area contributed by atoms with Crippen LogP contribution in [0.4, 0.5) is 13.2 Å². The second-order valence-corrected chi connectivity index (χ2v) is 5.48. The molecular formula is C14H14F3NS. The van der Waals surface area contributed by atoms with Crippen LogP contribution in [0, 0.1) is 0 Å². The van der Waals surface area contributed by atoms with Gasteiger partial charge in [0.25, 0.3) is 0 Å². The zero-order chi connectivity index (χ0) is 13.9. The average Bonchev–Trinajstić information content (AvgIpc) is 2.80. The summed E-state index contributed by atoms with van der Waals surface area (Å²) in [6.07, 6.45) is -4.28. The van der Waals surface area contributed by atoms with Crippen molar-refractivity contribution in [2.45, 2.75) is 19.3 Å². The lowest BCUT2D eigenvalue weighted by Gasteiger charge is -2.16. The summed E-state index contributed by atoms with van der Waals surface area (Å²) in [4.78, 5) is 3.20. The molecule has 1 aromatic carbocycles. The lowest BCUT2D eigenvalue weighted by molar-refractivity contribution is -0.137. The fourth-order valence-corrected chi connectivity index (χ4v) is 2.67. The fourth-order valence-electron chi connectivity index (χ4n) is 1.88. The Morgan fingerprint density at radius 1 is 1.11 bits per heavy atom. The van der Waals surface area contributed by atoms with E-state index < -0.39 is 11.7 Å². The SMILES string of the molecule is CN(Cc1cccc(C(F)(F)F)c1)Cc1cccs1. The van der Waals surface area contributed by atoms with Crippen LogP contribution in [0.3, 0.4) is 0 Å². The molecule has 0 saturated carbocycles. The molecule has 0 aliphatic heterocycles. The molecule has 0 radical (unpaired) electrons. The van der Waals surface area contributed by atoms with E-state index in [0.29, 0.717) is 12.1 Å². The third kappa shape index (κ3) is 4.08. The lowest BCUT2D eigenvalue weighted by atomic mass is 10.1. The summed E-state index contributed by atoms with van der Waals surface area (Å²) in [6.45, 7) is 1.25. The molecule has 1 nitrogen and oxygen atoms in total. The van der Waals surface area contributed by atoms with Crippen LogP contribution < -0.4 is 0 Å². The normalized spacial score (nSPS) is 12.1. The van der Waals surface area contributed by atoms with Crippen molar-refractivity contribution in [1.82, 2.24) is 4.90 Å². The highest BCUT2D eigenvalue weighted by Gasteiger charge is 2.30. The van der Waals surface area contributed by atoms with Crippen molar-refractivity contribution in [3.63, 3.8) is 0 Å². The minimum atomic E-state index is -4.28. The first kappa shape index (κ1) is 14.1. The van der Waals surface area contributed by atoms with E-state index in [-0.39, 0.29) is 0 Å². The van der Waals surface area contributed by atoms with Gasteiger partial charge in [-0.2, -0.15) is 13.2 Å². The summed E-state index contributed by atoms with van der Waals surface area (Å²) in [5.41, 5.74) is 0.0865. The van der Waals surface area contributed by atoms with Crippen LogP contribution in [0.2, 0.25) is 0 Å². The number of hydrogen-bond acceptors (Lipinski definition) is 2. The van der Waals surface area contributed by atoms with Gasteiger partial charge in [-0.1, -0.05) is 24.3 Å². The quantitative estimate of drug-likeness (QED) is 0.805. The summed E-state index contributed by atoms with van der Waals surface area (Å²) in [6, 6.07) is 9.48. The molecule has 0 bridgehead atoms. The molecule has 0 fully saturated rings. The molecule has 0 aliphatic carbocycles. The largest absolute Gasteiger partial charge is 0.416 e. The number of rotatable bonds is 4. The van der Waals surface area contributed by atoms with Gasteiger partial charge in [0.15, 0.2) is 0 Å². The van der Waals surface area contributed by atoms with Crippen molar-refractivity contribution in [2.75, 3.05) is 7.05 Å². The minimum Gasteiger partial charge on any atom is -0.297 e. The standard InChI is InChI=1S/C14H14F3NS/c1-18(10-13-6-3-7-19-13)9-11-4-2-5-12(8-11)14(15,16)17/h2-8H,9-10H2,1H3. The minimum absolute atomic E-state index is 0.502. The Labute approximate surface area is 114 Å². The molecule has 0 saturated heterocycles. The van der Waals surface area contributed by atoms with Crippen LogP contribution in [0.5, 0.6) is 0 Å². The maximum absolute atomic E-state index is 12.6. The highest BCUT2D eigenvalue weighted by molar-refractivity contribution is 7.09. The molecule has 19 heavy (non-hydrogen) atoms. The zero-order valence-electron chi connectivity index (χ0n) is 10.4. The van der Waals surface area contributed by atoms with Crippen molar-refractivity contribution in [3.8, 4) is 0 Å². The van der Waals surface area contributed by atoms with Crippen molar-refractivity contribution in [3.05, 3.63) is 57.8 Å². The van der Waals surface area contributed by atoms with Crippen molar-refractivity contribution >= 4 is 11.3 Å².